The van der Waals surface area contributed by atoms with Gasteiger partial charge in [-0.25, -0.2) is 9.69 Å². The molecule has 0 spiro atoms. The molecule has 2 aromatic carbocycles. The Bertz CT molecular complexity index is 1130. The Labute approximate surface area is 187 Å². The molecule has 1 N–H and O–H groups in total. The minimum Gasteiger partial charge on any atom is -0.478 e. The maximum Gasteiger partial charge on any atom is 0.335 e. The highest BCUT2D eigenvalue weighted by molar-refractivity contribution is 9.10. The molecule has 1 aliphatic rings. The summed E-state index contributed by atoms with van der Waals surface area (Å²) in [7, 11) is 0. The van der Waals surface area contributed by atoms with Crippen LogP contribution >= 0.6 is 27.5 Å². The summed E-state index contributed by atoms with van der Waals surface area (Å²) < 4.78 is 5.88. The molecule has 3 rings (SSSR count). The minimum atomic E-state index is -0.803. The van der Waals surface area contributed by atoms with Gasteiger partial charge in [0.25, 0.3) is 11.8 Å². The number of carbonyl (C=O) groups excluding carboxylic acids is 3. The molecule has 0 unspecified atom stereocenters. The average Bonchev–Trinajstić information content (AvgIpc) is 2.67. The zero-order chi connectivity index (χ0) is 22.0. The van der Waals surface area contributed by atoms with Crippen LogP contribution in [0.15, 0.2) is 40.4 Å². The van der Waals surface area contributed by atoms with Gasteiger partial charge in [-0.05, 0) is 76.8 Å². The van der Waals surface area contributed by atoms with Gasteiger partial charge in [0, 0.05) is 0 Å². The number of anilines is 1. The highest BCUT2D eigenvalue weighted by Crippen LogP contribution is 2.35. The fourth-order valence-corrected chi connectivity index (χ4v) is 3.83. The van der Waals surface area contributed by atoms with Gasteiger partial charge in [-0.1, -0.05) is 23.6 Å². The number of imide groups is 2. The number of nitrogens with zero attached hydrogens (tertiary/aromatic N) is 1. The molecule has 0 aliphatic carbocycles. The summed E-state index contributed by atoms with van der Waals surface area (Å²) >= 11 is 9.58. The summed E-state index contributed by atoms with van der Waals surface area (Å²) in [6, 6.07) is 7.52. The van der Waals surface area contributed by atoms with E-state index in [4.69, 9.17) is 22.8 Å². The van der Waals surface area contributed by atoms with E-state index in [0.29, 0.717) is 21.5 Å². The summed E-state index contributed by atoms with van der Waals surface area (Å²) in [6.45, 7) is 3.83. The number of urea groups is 1. The van der Waals surface area contributed by atoms with Gasteiger partial charge in [-0.15, -0.1) is 6.42 Å². The maximum atomic E-state index is 13.0. The molecule has 2 aromatic rings. The number of barbiturate groups is 1. The topological polar surface area (TPSA) is 75.7 Å². The fourth-order valence-electron chi connectivity index (χ4n) is 2.84. The molecule has 152 valence electrons. The first-order valence-electron chi connectivity index (χ1n) is 8.77. The minimum absolute atomic E-state index is 0.0344. The first kappa shape index (κ1) is 21.6. The Kier molecular flexibility index (Phi) is 6.30. The number of rotatable bonds is 4. The summed E-state index contributed by atoms with van der Waals surface area (Å²) in [5.41, 5.74) is 2.56. The smallest absolute Gasteiger partial charge is 0.335 e. The van der Waals surface area contributed by atoms with E-state index in [9.17, 15) is 14.4 Å². The van der Waals surface area contributed by atoms with Crippen molar-refractivity contribution in [1.82, 2.24) is 5.32 Å². The number of aryl methyl sites for hydroxylation is 2. The second kappa shape index (κ2) is 8.74. The van der Waals surface area contributed by atoms with Gasteiger partial charge in [0.1, 0.15) is 12.2 Å². The molecule has 6 nitrogen and oxygen atoms in total. The maximum absolute atomic E-state index is 13.0. The third-order valence-corrected chi connectivity index (χ3v) is 5.35. The van der Waals surface area contributed by atoms with Gasteiger partial charge in [-0.2, -0.15) is 0 Å². The van der Waals surface area contributed by atoms with Gasteiger partial charge >= 0.3 is 6.03 Å². The van der Waals surface area contributed by atoms with Crippen LogP contribution in [0.1, 0.15) is 16.7 Å². The van der Waals surface area contributed by atoms with Crippen molar-refractivity contribution in [3.63, 3.8) is 0 Å². The summed E-state index contributed by atoms with van der Waals surface area (Å²) in [5.74, 6) is 1.18. The van der Waals surface area contributed by atoms with E-state index < -0.39 is 17.8 Å². The lowest BCUT2D eigenvalue weighted by Gasteiger charge is -2.27. The van der Waals surface area contributed by atoms with Gasteiger partial charge in [0.15, 0.2) is 5.75 Å². The lowest BCUT2D eigenvalue weighted by Crippen LogP contribution is -2.54. The first-order chi connectivity index (χ1) is 14.2. The van der Waals surface area contributed by atoms with Crippen molar-refractivity contribution in [3.8, 4) is 18.1 Å². The third kappa shape index (κ3) is 4.25. The second-order valence-electron chi connectivity index (χ2n) is 6.53. The molecule has 0 radical (unpaired) electrons. The summed E-state index contributed by atoms with van der Waals surface area (Å²) in [5, 5.41) is 2.45. The van der Waals surface area contributed by atoms with Crippen LogP contribution in [-0.2, 0) is 9.59 Å². The van der Waals surface area contributed by atoms with Crippen molar-refractivity contribution in [2.24, 2.45) is 0 Å². The highest BCUT2D eigenvalue weighted by atomic mass is 79.9. The molecule has 0 bridgehead atoms. The van der Waals surface area contributed by atoms with Crippen molar-refractivity contribution >= 4 is 57.1 Å². The molecule has 30 heavy (non-hydrogen) atoms. The molecule has 0 saturated carbocycles. The van der Waals surface area contributed by atoms with E-state index in [-0.39, 0.29) is 17.2 Å². The second-order valence-corrected chi connectivity index (χ2v) is 7.79. The number of halogens is 2. The molecule has 1 heterocycles. The summed E-state index contributed by atoms with van der Waals surface area (Å²) in [4.78, 5) is 38.6. The van der Waals surface area contributed by atoms with E-state index in [0.717, 1.165) is 16.0 Å². The highest BCUT2D eigenvalue weighted by Gasteiger charge is 2.37. The molecular weight excluding hydrogens is 472 g/mol. The Balaban J connectivity index is 2.00. The number of hydrogen-bond acceptors (Lipinski definition) is 4. The largest absolute Gasteiger partial charge is 0.478 e. The van der Waals surface area contributed by atoms with Crippen LogP contribution < -0.4 is 15.0 Å². The number of amides is 4. The van der Waals surface area contributed by atoms with Gasteiger partial charge in [0.2, 0.25) is 0 Å². The lowest BCUT2D eigenvalue weighted by atomic mass is 10.0. The van der Waals surface area contributed by atoms with Crippen LogP contribution in [0.2, 0.25) is 5.02 Å². The van der Waals surface area contributed by atoms with Gasteiger partial charge < -0.3 is 4.74 Å². The van der Waals surface area contributed by atoms with Crippen molar-refractivity contribution in [2.45, 2.75) is 13.8 Å². The zero-order valence-corrected chi connectivity index (χ0v) is 18.4. The number of terminal acetylenes is 1. The lowest BCUT2D eigenvalue weighted by molar-refractivity contribution is -0.122. The molecule has 4 amide bonds. The van der Waals surface area contributed by atoms with Crippen LogP contribution in [0.3, 0.4) is 0 Å². The van der Waals surface area contributed by atoms with E-state index >= 15 is 0 Å². The average molecular weight is 488 g/mol. The number of benzene rings is 2. The van der Waals surface area contributed by atoms with Crippen LogP contribution in [0.4, 0.5) is 10.5 Å². The standard InChI is InChI=1S/C22H16BrClN2O4/c1-4-7-30-19-17(23)10-14(11-18(19)24)9-16-20(27)25-22(29)26(21(16)28)15-6-5-12(2)13(3)8-15/h1,5-6,8-11H,7H2,2-3H3,(H,25,27,29)/b16-9+. The van der Waals surface area contributed by atoms with Crippen molar-refractivity contribution < 1.29 is 19.1 Å². The fraction of sp³-hybridized carbons (Fsp3) is 0.136. The van der Waals surface area contributed by atoms with Gasteiger partial charge in [-0.3, -0.25) is 14.9 Å². The zero-order valence-electron chi connectivity index (χ0n) is 16.1. The van der Waals surface area contributed by atoms with Crippen molar-refractivity contribution in [3.05, 3.63) is 62.1 Å². The monoisotopic (exact) mass is 486 g/mol. The van der Waals surface area contributed by atoms with E-state index in [1.165, 1.54) is 12.1 Å². The first-order valence-corrected chi connectivity index (χ1v) is 9.94. The van der Waals surface area contributed by atoms with E-state index in [2.05, 4.69) is 27.2 Å². The van der Waals surface area contributed by atoms with Crippen LogP contribution in [0.25, 0.3) is 6.08 Å². The third-order valence-electron chi connectivity index (χ3n) is 4.48. The molecule has 0 atom stereocenters. The quantitative estimate of drug-likeness (QED) is 0.394. The van der Waals surface area contributed by atoms with E-state index in [1.807, 2.05) is 13.8 Å². The summed E-state index contributed by atoms with van der Waals surface area (Å²) in [6.07, 6.45) is 6.55. The van der Waals surface area contributed by atoms with Crippen molar-refractivity contribution in [2.75, 3.05) is 11.5 Å². The van der Waals surface area contributed by atoms with Crippen LogP contribution in [0.5, 0.6) is 5.75 Å². The predicted molar refractivity (Wildman–Crippen MR) is 118 cm³/mol. The SMILES string of the molecule is C#CCOc1c(Cl)cc(/C=C2\C(=O)NC(=O)N(c3ccc(C)c(C)c3)C2=O)cc1Br. The number of ether oxygens (including phenoxy) is 1. The van der Waals surface area contributed by atoms with Gasteiger partial charge in [0.05, 0.1) is 15.2 Å². The molecule has 1 saturated heterocycles. The Morgan fingerprint density at radius 3 is 2.57 bits per heavy atom. The van der Waals surface area contributed by atoms with Crippen LogP contribution in [0, 0.1) is 26.2 Å². The Morgan fingerprint density at radius 1 is 1.20 bits per heavy atom. The number of nitrogens with one attached hydrogen (secondary N) is 1. The van der Waals surface area contributed by atoms with Crippen LogP contribution in [-0.4, -0.2) is 24.5 Å². The number of carbonyl (C=O) groups is 3. The molecule has 0 aromatic heterocycles. The molecule has 1 fully saturated rings. The molecule has 8 heteroatoms. The number of hydrogen-bond donors (Lipinski definition) is 1. The normalized spacial score (nSPS) is 15.2. The molecule has 1 aliphatic heterocycles. The Morgan fingerprint density at radius 2 is 1.93 bits per heavy atom. The predicted octanol–water partition coefficient (Wildman–Crippen LogP) is 4.40. The Hall–Kier alpha value is -3.08. The van der Waals surface area contributed by atoms with Crippen molar-refractivity contribution in [1.29, 1.82) is 0 Å². The van der Waals surface area contributed by atoms with E-state index in [1.54, 1.807) is 24.3 Å². The molecular formula is C22H16BrClN2O4.